The highest BCUT2D eigenvalue weighted by Gasteiger charge is 2.43. The number of nitrogens with two attached hydrogens (primary N) is 1. The fourth-order valence-corrected chi connectivity index (χ4v) is 8.19. The van der Waals surface area contributed by atoms with Crippen LogP contribution in [0.4, 0.5) is 5.95 Å². The molecule has 1 aliphatic rings. The standard InChI is InChI=1S/C21H30N5O16P3S/c1-35-11-4-13(36-2)12(14(5-11)37-3)8-46-10-38-15-6-17(26-9-23-18-19(26)24-21(22)25-20(18)27)40-16(15)7-39-44(31,32)42-45(33,34)41-43(28,29)30/h4-5,9,15-17H,6-8,10H2,1-3H3,(H,31,32)(H,33,34)(H2,28,29,30)(H3,22,24,25,27)/t15-,16+,17?/m0/s1. The molecule has 0 saturated carbocycles. The molecule has 0 amide bonds. The average molecular weight is 733 g/mol. The van der Waals surface area contributed by atoms with Crippen molar-refractivity contribution in [3.8, 4) is 17.2 Å². The molecule has 4 rings (SSSR count). The first-order valence-electron chi connectivity index (χ1n) is 12.7. The Morgan fingerprint density at radius 3 is 2.35 bits per heavy atom. The second-order valence-corrected chi connectivity index (χ2v) is 14.6. The monoisotopic (exact) mass is 733 g/mol. The van der Waals surface area contributed by atoms with Gasteiger partial charge in [0.15, 0.2) is 11.2 Å². The number of methoxy groups -OCH3 is 3. The molecule has 46 heavy (non-hydrogen) atoms. The number of hydrogen-bond acceptors (Lipinski definition) is 16. The predicted molar refractivity (Wildman–Crippen MR) is 158 cm³/mol. The number of rotatable bonds is 16. The third-order valence-electron chi connectivity index (χ3n) is 6.19. The van der Waals surface area contributed by atoms with E-state index in [1.165, 1.54) is 44.0 Å². The predicted octanol–water partition coefficient (Wildman–Crippen LogP) is 1.63. The lowest BCUT2D eigenvalue weighted by atomic mass is 10.2. The summed E-state index contributed by atoms with van der Waals surface area (Å²) in [5, 5.41) is 0. The van der Waals surface area contributed by atoms with Crippen LogP contribution in [0.1, 0.15) is 18.2 Å². The maximum Gasteiger partial charge on any atom is 0.490 e. The minimum absolute atomic E-state index is 0.0371. The number of phosphoric ester groups is 1. The number of nitrogens with one attached hydrogen (secondary N) is 1. The molecule has 256 valence electrons. The number of hydrogen-bond donors (Lipinski definition) is 6. The second-order valence-electron chi connectivity index (χ2n) is 9.21. The molecule has 3 aromatic rings. The Hall–Kier alpha value is -2.55. The molecule has 0 spiro atoms. The van der Waals surface area contributed by atoms with E-state index in [1.54, 1.807) is 12.1 Å². The fourth-order valence-electron chi connectivity index (χ4n) is 4.32. The van der Waals surface area contributed by atoms with Crippen molar-refractivity contribution in [1.82, 2.24) is 19.5 Å². The quantitative estimate of drug-likeness (QED) is 0.0692. The molecular weight excluding hydrogens is 703 g/mol. The molecule has 0 aliphatic carbocycles. The summed E-state index contributed by atoms with van der Waals surface area (Å²) in [4.78, 5) is 59.6. The average Bonchev–Trinajstić information content (AvgIpc) is 3.56. The molecule has 1 aliphatic heterocycles. The number of phosphoric acid groups is 3. The van der Waals surface area contributed by atoms with Gasteiger partial charge in [0.1, 0.15) is 29.6 Å². The number of benzene rings is 1. The Bertz CT molecular complexity index is 1720. The zero-order chi connectivity index (χ0) is 33.9. The van der Waals surface area contributed by atoms with E-state index in [9.17, 15) is 28.3 Å². The first-order chi connectivity index (χ1) is 21.5. The number of nitrogen functional groups attached to an aromatic ring is 1. The van der Waals surface area contributed by atoms with Crippen LogP contribution in [-0.4, -0.2) is 85.2 Å². The van der Waals surface area contributed by atoms with Crippen molar-refractivity contribution >= 4 is 52.3 Å². The minimum atomic E-state index is -5.74. The highest BCUT2D eigenvalue weighted by molar-refractivity contribution is 7.98. The zero-order valence-electron chi connectivity index (χ0n) is 24.1. The number of ether oxygens (including phenoxy) is 5. The second kappa shape index (κ2) is 14.7. The van der Waals surface area contributed by atoms with Gasteiger partial charge in [-0.15, -0.1) is 11.8 Å². The van der Waals surface area contributed by atoms with Gasteiger partial charge in [0.05, 0.1) is 46.3 Å². The summed E-state index contributed by atoms with van der Waals surface area (Å²) < 4.78 is 76.9. The SMILES string of the molecule is COc1cc(OC)c(CSCO[C@H]2CC(n3cnc4c(=O)[nH]c(N)nc43)O[C@@H]2COP(=O)(O)OP(=O)(O)OP(=O)(O)O)c(OC)c1. The summed E-state index contributed by atoms with van der Waals surface area (Å²) >= 11 is 1.31. The van der Waals surface area contributed by atoms with E-state index in [0.29, 0.717) is 28.6 Å². The van der Waals surface area contributed by atoms with Crippen molar-refractivity contribution in [2.24, 2.45) is 0 Å². The summed E-state index contributed by atoms with van der Waals surface area (Å²) in [6.45, 7) is -0.779. The van der Waals surface area contributed by atoms with Crippen LogP contribution in [0.25, 0.3) is 11.2 Å². The largest absolute Gasteiger partial charge is 0.496 e. The van der Waals surface area contributed by atoms with Crippen LogP contribution >= 0.6 is 35.2 Å². The summed E-state index contributed by atoms with van der Waals surface area (Å²) in [7, 11) is -12.3. The van der Waals surface area contributed by atoms with E-state index < -0.39 is 54.1 Å². The Labute approximate surface area is 263 Å². The molecule has 7 N–H and O–H groups in total. The van der Waals surface area contributed by atoms with Crippen molar-refractivity contribution in [1.29, 1.82) is 0 Å². The maximum atomic E-state index is 12.4. The van der Waals surface area contributed by atoms with Crippen molar-refractivity contribution in [3.63, 3.8) is 0 Å². The number of imidazole rings is 1. The van der Waals surface area contributed by atoms with Gasteiger partial charge in [-0.2, -0.15) is 13.6 Å². The smallest absolute Gasteiger partial charge is 0.490 e. The van der Waals surface area contributed by atoms with E-state index in [0.717, 1.165) is 0 Å². The van der Waals surface area contributed by atoms with Gasteiger partial charge in [-0.25, -0.2) is 18.7 Å². The summed E-state index contributed by atoms with van der Waals surface area (Å²) in [6.07, 6.45) is -1.57. The van der Waals surface area contributed by atoms with E-state index in [4.69, 9.17) is 43.7 Å². The van der Waals surface area contributed by atoms with Gasteiger partial charge in [-0.3, -0.25) is 18.9 Å². The molecule has 1 aromatic carbocycles. The van der Waals surface area contributed by atoms with Gasteiger partial charge in [0.2, 0.25) is 5.95 Å². The third-order valence-corrected chi connectivity index (χ3v) is 10.8. The van der Waals surface area contributed by atoms with Crippen molar-refractivity contribution < 1.29 is 70.1 Å². The lowest BCUT2D eigenvalue weighted by molar-refractivity contribution is -0.0523. The number of nitrogens with zero attached hydrogens (tertiary/aromatic N) is 3. The summed E-state index contributed by atoms with van der Waals surface area (Å²) in [5.74, 6) is 1.76. The number of anilines is 1. The first kappa shape index (κ1) is 36.3. The normalized spacial score (nSPS) is 21.2. The molecule has 2 aromatic heterocycles. The Morgan fingerprint density at radius 2 is 1.74 bits per heavy atom. The zero-order valence-corrected chi connectivity index (χ0v) is 27.6. The first-order valence-corrected chi connectivity index (χ1v) is 18.4. The van der Waals surface area contributed by atoms with E-state index in [2.05, 4.69) is 23.6 Å². The molecule has 3 unspecified atom stereocenters. The molecule has 25 heteroatoms. The van der Waals surface area contributed by atoms with Gasteiger partial charge in [0.25, 0.3) is 5.56 Å². The van der Waals surface area contributed by atoms with Crippen LogP contribution in [0.2, 0.25) is 0 Å². The van der Waals surface area contributed by atoms with Crippen molar-refractivity contribution in [3.05, 3.63) is 34.4 Å². The highest BCUT2D eigenvalue weighted by atomic mass is 32.2. The topological polar surface area (TPSA) is 296 Å². The lowest BCUT2D eigenvalue weighted by Crippen LogP contribution is -2.29. The number of aromatic nitrogens is 4. The van der Waals surface area contributed by atoms with Gasteiger partial charge < -0.3 is 49.0 Å². The lowest BCUT2D eigenvalue weighted by Gasteiger charge is -2.21. The Balaban J connectivity index is 1.49. The fraction of sp³-hybridized carbons (Fsp3) is 0.476. The van der Waals surface area contributed by atoms with Gasteiger partial charge >= 0.3 is 23.5 Å². The van der Waals surface area contributed by atoms with E-state index in [-0.39, 0.29) is 29.5 Å². The van der Waals surface area contributed by atoms with Crippen molar-refractivity contribution in [2.75, 3.05) is 39.6 Å². The number of aromatic amines is 1. The molecule has 5 atom stereocenters. The number of thioether (sulfide) groups is 1. The van der Waals surface area contributed by atoms with Crippen LogP contribution in [0.5, 0.6) is 17.2 Å². The summed E-state index contributed by atoms with van der Waals surface area (Å²) in [5.41, 5.74) is 5.83. The minimum Gasteiger partial charge on any atom is -0.496 e. The highest BCUT2D eigenvalue weighted by Crippen LogP contribution is 2.66. The molecule has 1 saturated heterocycles. The molecule has 0 bridgehead atoms. The maximum absolute atomic E-state index is 12.4. The summed E-state index contributed by atoms with van der Waals surface area (Å²) in [6, 6.07) is 3.38. The molecule has 3 heterocycles. The van der Waals surface area contributed by atoms with Crippen molar-refractivity contribution in [2.45, 2.75) is 30.6 Å². The third kappa shape index (κ3) is 9.29. The molecule has 1 fully saturated rings. The van der Waals surface area contributed by atoms with E-state index >= 15 is 0 Å². The van der Waals surface area contributed by atoms with Crippen LogP contribution in [0.15, 0.2) is 23.3 Å². The molecule has 0 radical (unpaired) electrons. The molecule has 21 nitrogen and oxygen atoms in total. The van der Waals surface area contributed by atoms with Crippen LogP contribution in [-0.2, 0) is 42.1 Å². The number of fused-ring (bicyclic) bond motifs is 1. The van der Waals surface area contributed by atoms with Gasteiger partial charge in [-0.1, -0.05) is 0 Å². The Kier molecular flexibility index (Phi) is 11.6. The molecular formula is C21H30N5O16P3S. The Morgan fingerprint density at radius 1 is 1.07 bits per heavy atom. The van der Waals surface area contributed by atoms with Gasteiger partial charge in [-0.05, 0) is 0 Å². The van der Waals surface area contributed by atoms with Crippen LogP contribution < -0.4 is 25.5 Å². The van der Waals surface area contributed by atoms with E-state index in [1.807, 2.05) is 0 Å². The number of H-pyrrole nitrogens is 1. The van der Waals surface area contributed by atoms with Crippen LogP contribution in [0.3, 0.4) is 0 Å². The van der Waals surface area contributed by atoms with Crippen LogP contribution in [0, 0.1) is 0 Å². The van der Waals surface area contributed by atoms with Gasteiger partial charge in [0, 0.05) is 29.9 Å².